The van der Waals surface area contributed by atoms with Gasteiger partial charge in [-0.05, 0) is 6.07 Å². The Balaban J connectivity index is 2.35. The molecule has 0 amide bonds. The van der Waals surface area contributed by atoms with Gasteiger partial charge in [0.1, 0.15) is 12.0 Å². The first-order valence-corrected chi connectivity index (χ1v) is 4.71. The molecule has 6 nitrogen and oxygen atoms in total. The van der Waals surface area contributed by atoms with Crippen LogP contribution < -0.4 is 5.32 Å². The second kappa shape index (κ2) is 5.92. The highest BCUT2D eigenvalue weighted by atomic mass is 16.5. The Morgan fingerprint density at radius 1 is 1.56 bits per heavy atom. The lowest BCUT2D eigenvalue weighted by Crippen LogP contribution is -2.17. The summed E-state index contributed by atoms with van der Waals surface area (Å²) in [5, 5.41) is 11.3. The number of ether oxygens (including phenoxy) is 1. The smallest absolute Gasteiger partial charge is 0.341 e. The van der Waals surface area contributed by atoms with E-state index in [2.05, 4.69) is 10.1 Å². The number of methoxy groups -OCH3 is 1. The van der Waals surface area contributed by atoms with Gasteiger partial charge in [-0.3, -0.25) is 4.79 Å². The van der Waals surface area contributed by atoms with Gasteiger partial charge in [-0.25, -0.2) is 4.79 Å². The van der Waals surface area contributed by atoms with E-state index in [9.17, 15) is 9.59 Å². The molecule has 6 heteroatoms. The summed E-state index contributed by atoms with van der Waals surface area (Å²) < 4.78 is 9.59. The summed E-state index contributed by atoms with van der Waals surface area (Å²) >= 11 is 0. The molecule has 0 unspecified atom stereocenters. The molecule has 1 aromatic heterocycles. The van der Waals surface area contributed by atoms with Crippen molar-refractivity contribution in [3.05, 3.63) is 23.7 Å². The van der Waals surface area contributed by atoms with E-state index < -0.39 is 11.9 Å². The summed E-state index contributed by atoms with van der Waals surface area (Å²) in [4.78, 5) is 21.3. The maximum Gasteiger partial charge on any atom is 0.341 e. The number of carbonyl (C=O) groups excluding carboxylic acids is 1. The highest BCUT2D eigenvalue weighted by Gasteiger charge is 2.09. The van der Waals surface area contributed by atoms with E-state index in [1.54, 1.807) is 6.07 Å². The summed E-state index contributed by atoms with van der Waals surface area (Å²) in [5.41, 5.74) is 0.345. The first-order chi connectivity index (χ1) is 7.63. The van der Waals surface area contributed by atoms with Crippen molar-refractivity contribution in [2.45, 2.75) is 13.0 Å². The fourth-order valence-electron chi connectivity index (χ4n) is 1.11. The Bertz CT molecular complexity index is 371. The Kier molecular flexibility index (Phi) is 4.53. The zero-order valence-electron chi connectivity index (χ0n) is 8.86. The molecule has 0 aromatic carbocycles. The number of carboxylic acid groups (broad SMARTS) is 1. The van der Waals surface area contributed by atoms with Crippen molar-refractivity contribution in [1.29, 1.82) is 0 Å². The molecule has 1 rings (SSSR count). The standard InChI is InChI=1S/C10H13NO5/c1-15-10(14)7-4-8(16-6-7)5-11-3-2-9(12)13/h4,6,11H,2-3,5H2,1H3,(H,12,13). The van der Waals surface area contributed by atoms with Crippen LogP contribution in [0.15, 0.2) is 16.7 Å². The molecule has 16 heavy (non-hydrogen) atoms. The molecule has 0 bridgehead atoms. The van der Waals surface area contributed by atoms with Gasteiger partial charge in [0.25, 0.3) is 0 Å². The molecule has 0 aliphatic carbocycles. The van der Waals surface area contributed by atoms with Crippen molar-refractivity contribution in [3.63, 3.8) is 0 Å². The van der Waals surface area contributed by atoms with Crippen molar-refractivity contribution in [2.24, 2.45) is 0 Å². The monoisotopic (exact) mass is 227 g/mol. The molecule has 0 fully saturated rings. The van der Waals surface area contributed by atoms with Gasteiger partial charge in [-0.1, -0.05) is 0 Å². The minimum atomic E-state index is -0.859. The third-order valence-electron chi connectivity index (χ3n) is 1.89. The van der Waals surface area contributed by atoms with Gasteiger partial charge < -0.3 is 19.6 Å². The number of furan rings is 1. The Morgan fingerprint density at radius 2 is 2.31 bits per heavy atom. The van der Waals surface area contributed by atoms with Gasteiger partial charge in [0.2, 0.25) is 0 Å². The predicted octanol–water partition coefficient (Wildman–Crippen LogP) is 0.631. The molecule has 2 N–H and O–H groups in total. The molecule has 0 atom stereocenters. The largest absolute Gasteiger partial charge is 0.481 e. The first kappa shape index (κ1) is 12.3. The number of hydrogen-bond acceptors (Lipinski definition) is 5. The quantitative estimate of drug-likeness (QED) is 0.547. The number of esters is 1. The molecular formula is C10H13NO5. The number of carbonyl (C=O) groups is 2. The van der Waals surface area contributed by atoms with Crippen LogP contribution in [0, 0.1) is 0 Å². The van der Waals surface area contributed by atoms with E-state index in [0.29, 0.717) is 24.4 Å². The fourth-order valence-corrected chi connectivity index (χ4v) is 1.11. The van der Waals surface area contributed by atoms with E-state index in [0.717, 1.165) is 0 Å². The minimum Gasteiger partial charge on any atom is -0.481 e. The van der Waals surface area contributed by atoms with Crippen LogP contribution in [0.3, 0.4) is 0 Å². The van der Waals surface area contributed by atoms with E-state index >= 15 is 0 Å². The lowest BCUT2D eigenvalue weighted by molar-refractivity contribution is -0.136. The molecule has 0 aliphatic heterocycles. The van der Waals surface area contributed by atoms with Crippen molar-refractivity contribution in [2.75, 3.05) is 13.7 Å². The maximum absolute atomic E-state index is 11.1. The molecule has 1 aromatic rings. The average molecular weight is 227 g/mol. The van der Waals surface area contributed by atoms with E-state index in [1.165, 1.54) is 13.4 Å². The molecule has 88 valence electrons. The Morgan fingerprint density at radius 3 is 2.94 bits per heavy atom. The Hall–Kier alpha value is -1.82. The van der Waals surface area contributed by atoms with Crippen molar-refractivity contribution >= 4 is 11.9 Å². The van der Waals surface area contributed by atoms with Gasteiger partial charge in [-0.15, -0.1) is 0 Å². The first-order valence-electron chi connectivity index (χ1n) is 4.71. The second-order valence-corrected chi connectivity index (χ2v) is 3.11. The number of aliphatic carboxylic acids is 1. The summed E-state index contributed by atoms with van der Waals surface area (Å²) in [6.07, 6.45) is 1.35. The van der Waals surface area contributed by atoms with Crippen LogP contribution in [0.5, 0.6) is 0 Å². The number of nitrogens with one attached hydrogen (secondary N) is 1. The maximum atomic E-state index is 11.1. The van der Waals surface area contributed by atoms with Gasteiger partial charge in [-0.2, -0.15) is 0 Å². The van der Waals surface area contributed by atoms with Crippen LogP contribution in [0.1, 0.15) is 22.5 Å². The van der Waals surface area contributed by atoms with E-state index in [4.69, 9.17) is 9.52 Å². The molecular weight excluding hydrogens is 214 g/mol. The Labute approximate surface area is 92.2 Å². The zero-order valence-corrected chi connectivity index (χ0v) is 8.86. The van der Waals surface area contributed by atoms with Crippen molar-refractivity contribution < 1.29 is 23.8 Å². The lowest BCUT2D eigenvalue weighted by Gasteiger charge is -1.98. The summed E-state index contributed by atoms with van der Waals surface area (Å²) in [6, 6.07) is 1.56. The summed E-state index contributed by atoms with van der Waals surface area (Å²) in [7, 11) is 1.29. The third kappa shape index (κ3) is 3.74. The van der Waals surface area contributed by atoms with Crippen LogP contribution in [0.2, 0.25) is 0 Å². The van der Waals surface area contributed by atoms with Crippen LogP contribution in [-0.4, -0.2) is 30.7 Å². The topological polar surface area (TPSA) is 88.8 Å². The van der Waals surface area contributed by atoms with E-state index in [-0.39, 0.29) is 6.42 Å². The van der Waals surface area contributed by atoms with Crippen LogP contribution in [0.25, 0.3) is 0 Å². The number of hydrogen-bond donors (Lipinski definition) is 2. The highest BCUT2D eigenvalue weighted by Crippen LogP contribution is 2.08. The molecule has 0 radical (unpaired) electrons. The highest BCUT2D eigenvalue weighted by molar-refractivity contribution is 5.88. The summed E-state index contributed by atoms with van der Waals surface area (Å²) in [6.45, 7) is 0.730. The normalized spacial score (nSPS) is 10.1. The van der Waals surface area contributed by atoms with Crippen molar-refractivity contribution in [1.82, 2.24) is 5.32 Å². The zero-order chi connectivity index (χ0) is 12.0. The van der Waals surface area contributed by atoms with E-state index in [1.807, 2.05) is 0 Å². The molecule has 0 aliphatic rings. The number of rotatable bonds is 6. The van der Waals surface area contributed by atoms with Crippen LogP contribution in [0.4, 0.5) is 0 Å². The SMILES string of the molecule is COC(=O)c1coc(CNCCC(=O)O)c1. The van der Waals surface area contributed by atoms with Crippen molar-refractivity contribution in [3.8, 4) is 0 Å². The average Bonchev–Trinajstić information content (AvgIpc) is 2.71. The predicted molar refractivity (Wildman–Crippen MR) is 54.0 cm³/mol. The van der Waals surface area contributed by atoms with Gasteiger partial charge >= 0.3 is 11.9 Å². The third-order valence-corrected chi connectivity index (χ3v) is 1.89. The lowest BCUT2D eigenvalue weighted by atomic mass is 10.3. The fraction of sp³-hybridized carbons (Fsp3) is 0.400. The molecule has 1 heterocycles. The van der Waals surface area contributed by atoms with Crippen LogP contribution >= 0.6 is 0 Å². The van der Waals surface area contributed by atoms with Crippen LogP contribution in [-0.2, 0) is 16.1 Å². The molecule has 0 spiro atoms. The molecule has 0 saturated carbocycles. The minimum absolute atomic E-state index is 0.0462. The van der Waals surface area contributed by atoms with Gasteiger partial charge in [0, 0.05) is 6.54 Å². The molecule has 0 saturated heterocycles. The van der Waals surface area contributed by atoms with Gasteiger partial charge in [0.15, 0.2) is 0 Å². The summed E-state index contributed by atoms with van der Waals surface area (Å²) in [5.74, 6) is -0.756. The number of carboxylic acids is 1. The second-order valence-electron chi connectivity index (χ2n) is 3.11. The van der Waals surface area contributed by atoms with Gasteiger partial charge in [0.05, 0.1) is 25.6 Å².